The number of aryl methyl sites for hydroxylation is 1. The van der Waals surface area contributed by atoms with Crippen molar-refractivity contribution in [3.8, 4) is 5.75 Å². The Bertz CT molecular complexity index is 344. The first-order valence-electron chi connectivity index (χ1n) is 8.09. The van der Waals surface area contributed by atoms with Crippen LogP contribution < -0.4 is 0 Å². The average Bonchev–Trinajstić information content (AvgIpc) is 2.43. The van der Waals surface area contributed by atoms with Gasteiger partial charge in [-0.1, -0.05) is 70.9 Å². The summed E-state index contributed by atoms with van der Waals surface area (Å²) in [6.07, 6.45) is 12.8. The van der Waals surface area contributed by atoms with Crippen molar-refractivity contribution in [3.05, 3.63) is 29.3 Å². The molecule has 0 saturated heterocycles. The number of benzene rings is 1. The van der Waals surface area contributed by atoms with Gasteiger partial charge in [0, 0.05) is 0 Å². The van der Waals surface area contributed by atoms with Crippen molar-refractivity contribution in [2.24, 2.45) is 0 Å². The van der Waals surface area contributed by atoms with Gasteiger partial charge in [-0.05, 0) is 36.5 Å². The number of rotatable bonds is 10. The van der Waals surface area contributed by atoms with E-state index in [0.29, 0.717) is 5.75 Å². The summed E-state index contributed by atoms with van der Waals surface area (Å²) in [6, 6.07) is 5.91. The zero-order valence-electron chi connectivity index (χ0n) is 12.8. The lowest BCUT2D eigenvalue weighted by Crippen LogP contribution is -1.94. The maximum absolute atomic E-state index is 9.92. The lowest BCUT2D eigenvalue weighted by Gasteiger charge is -2.10. The summed E-state index contributed by atoms with van der Waals surface area (Å²) in [4.78, 5) is 0. The Morgan fingerprint density at radius 1 is 0.842 bits per heavy atom. The highest BCUT2D eigenvalue weighted by Crippen LogP contribution is 2.24. The van der Waals surface area contributed by atoms with Crippen LogP contribution in [0.2, 0.25) is 0 Å². The van der Waals surface area contributed by atoms with E-state index in [1.807, 2.05) is 12.1 Å². The highest BCUT2D eigenvalue weighted by molar-refractivity contribution is 5.39. The third kappa shape index (κ3) is 6.13. The molecule has 0 heterocycles. The molecule has 1 aromatic carbocycles. The van der Waals surface area contributed by atoms with E-state index < -0.39 is 0 Å². The van der Waals surface area contributed by atoms with Crippen LogP contribution in [0, 0.1) is 0 Å². The fraction of sp³-hybridized carbons (Fsp3) is 0.667. The smallest absolute Gasteiger partial charge is 0.119 e. The first-order valence-corrected chi connectivity index (χ1v) is 8.09. The maximum Gasteiger partial charge on any atom is 0.119 e. The molecule has 1 heteroatoms. The van der Waals surface area contributed by atoms with E-state index in [2.05, 4.69) is 19.9 Å². The van der Waals surface area contributed by atoms with Crippen molar-refractivity contribution in [2.75, 3.05) is 0 Å². The van der Waals surface area contributed by atoms with Crippen molar-refractivity contribution in [2.45, 2.75) is 78.1 Å². The number of phenolic OH excluding ortho intramolecular Hbond substituents is 1. The molecule has 0 radical (unpaired) electrons. The largest absolute Gasteiger partial charge is 0.508 e. The summed E-state index contributed by atoms with van der Waals surface area (Å²) in [7, 11) is 0. The summed E-state index contributed by atoms with van der Waals surface area (Å²) >= 11 is 0. The minimum atomic E-state index is 0.488. The molecule has 0 fully saturated rings. The summed E-state index contributed by atoms with van der Waals surface area (Å²) in [5, 5.41) is 9.92. The summed E-state index contributed by atoms with van der Waals surface area (Å²) in [5.74, 6) is 0.488. The molecule has 108 valence electrons. The maximum atomic E-state index is 9.92. The monoisotopic (exact) mass is 262 g/mol. The van der Waals surface area contributed by atoms with Crippen molar-refractivity contribution < 1.29 is 5.11 Å². The standard InChI is InChI=1S/C18H30O/c1-3-5-6-7-8-9-10-11-14-17-16(4-2)13-12-15-18(17)19/h12-13,15,19H,3-11,14H2,1-2H3. The van der Waals surface area contributed by atoms with Gasteiger partial charge in [0.25, 0.3) is 0 Å². The summed E-state index contributed by atoms with van der Waals surface area (Å²) < 4.78 is 0. The molecule has 19 heavy (non-hydrogen) atoms. The molecule has 1 nitrogen and oxygen atoms in total. The lowest BCUT2D eigenvalue weighted by atomic mass is 9.98. The molecule has 0 spiro atoms. The first-order chi connectivity index (χ1) is 9.29. The van der Waals surface area contributed by atoms with Crippen molar-refractivity contribution in [1.29, 1.82) is 0 Å². The second kappa shape index (κ2) is 9.89. The third-order valence-electron chi connectivity index (χ3n) is 3.91. The van der Waals surface area contributed by atoms with E-state index in [9.17, 15) is 5.11 Å². The molecule has 0 aliphatic heterocycles. The van der Waals surface area contributed by atoms with E-state index in [1.54, 1.807) is 0 Å². The molecule has 0 aliphatic carbocycles. The van der Waals surface area contributed by atoms with Gasteiger partial charge in [-0.3, -0.25) is 0 Å². The molecule has 0 unspecified atom stereocenters. The van der Waals surface area contributed by atoms with Crippen LogP contribution in [-0.2, 0) is 12.8 Å². The second-order valence-corrected chi connectivity index (χ2v) is 5.49. The van der Waals surface area contributed by atoms with Crippen molar-refractivity contribution in [3.63, 3.8) is 0 Å². The van der Waals surface area contributed by atoms with Gasteiger partial charge in [0.1, 0.15) is 5.75 Å². The fourth-order valence-electron chi connectivity index (χ4n) is 2.68. The Morgan fingerprint density at radius 2 is 1.47 bits per heavy atom. The molecule has 0 amide bonds. The predicted octanol–water partition coefficient (Wildman–Crippen LogP) is 5.64. The molecule has 0 atom stereocenters. The van der Waals surface area contributed by atoms with Gasteiger partial charge in [-0.25, -0.2) is 0 Å². The number of hydrogen-bond acceptors (Lipinski definition) is 1. The van der Waals surface area contributed by atoms with E-state index in [0.717, 1.165) is 12.8 Å². The normalized spacial score (nSPS) is 10.8. The summed E-state index contributed by atoms with van der Waals surface area (Å²) in [6.45, 7) is 4.42. The minimum absolute atomic E-state index is 0.488. The number of aromatic hydroxyl groups is 1. The Balaban J connectivity index is 2.19. The fourth-order valence-corrected chi connectivity index (χ4v) is 2.68. The number of phenols is 1. The Kier molecular flexibility index (Phi) is 8.36. The van der Waals surface area contributed by atoms with Gasteiger partial charge in [-0.2, -0.15) is 0 Å². The Morgan fingerprint density at radius 3 is 2.11 bits per heavy atom. The topological polar surface area (TPSA) is 20.2 Å². The van der Waals surface area contributed by atoms with Crippen molar-refractivity contribution >= 4 is 0 Å². The molecule has 1 aromatic rings. The van der Waals surface area contributed by atoms with Gasteiger partial charge in [0.05, 0.1) is 0 Å². The average molecular weight is 262 g/mol. The van der Waals surface area contributed by atoms with Gasteiger partial charge < -0.3 is 5.11 Å². The number of unbranched alkanes of at least 4 members (excludes halogenated alkanes) is 7. The Hall–Kier alpha value is -0.980. The van der Waals surface area contributed by atoms with E-state index in [4.69, 9.17) is 0 Å². The molecule has 0 saturated carbocycles. The predicted molar refractivity (Wildman–Crippen MR) is 83.8 cm³/mol. The van der Waals surface area contributed by atoms with E-state index >= 15 is 0 Å². The van der Waals surface area contributed by atoms with Gasteiger partial charge in [0.2, 0.25) is 0 Å². The van der Waals surface area contributed by atoms with Gasteiger partial charge in [-0.15, -0.1) is 0 Å². The SMILES string of the molecule is CCCCCCCCCCc1c(O)cccc1CC. The van der Waals surface area contributed by atoms with E-state index in [-0.39, 0.29) is 0 Å². The molecule has 0 bridgehead atoms. The zero-order chi connectivity index (χ0) is 13.9. The van der Waals surface area contributed by atoms with Crippen LogP contribution in [0.1, 0.15) is 76.3 Å². The van der Waals surface area contributed by atoms with Crippen LogP contribution in [0.4, 0.5) is 0 Å². The van der Waals surface area contributed by atoms with E-state index in [1.165, 1.54) is 62.5 Å². The molecular weight excluding hydrogens is 232 g/mol. The molecule has 1 N–H and O–H groups in total. The van der Waals surface area contributed by atoms with Gasteiger partial charge >= 0.3 is 0 Å². The van der Waals surface area contributed by atoms with Crippen LogP contribution in [0.25, 0.3) is 0 Å². The zero-order valence-corrected chi connectivity index (χ0v) is 12.8. The first kappa shape index (κ1) is 16.1. The lowest BCUT2D eigenvalue weighted by molar-refractivity contribution is 0.464. The third-order valence-corrected chi connectivity index (χ3v) is 3.91. The van der Waals surface area contributed by atoms with Crippen molar-refractivity contribution in [1.82, 2.24) is 0 Å². The molecule has 0 aliphatic rings. The van der Waals surface area contributed by atoms with Crippen LogP contribution in [0.5, 0.6) is 5.75 Å². The minimum Gasteiger partial charge on any atom is -0.508 e. The van der Waals surface area contributed by atoms with Gasteiger partial charge in [0.15, 0.2) is 0 Å². The van der Waals surface area contributed by atoms with Crippen LogP contribution >= 0.6 is 0 Å². The van der Waals surface area contributed by atoms with Crippen LogP contribution in [-0.4, -0.2) is 5.11 Å². The molecule has 1 rings (SSSR count). The quantitative estimate of drug-likeness (QED) is 0.541. The Labute approximate surface area is 119 Å². The highest BCUT2D eigenvalue weighted by Gasteiger charge is 2.05. The van der Waals surface area contributed by atoms with Crippen LogP contribution in [0.3, 0.4) is 0 Å². The van der Waals surface area contributed by atoms with Crippen LogP contribution in [0.15, 0.2) is 18.2 Å². The highest BCUT2D eigenvalue weighted by atomic mass is 16.3. The number of hydrogen-bond donors (Lipinski definition) is 1. The molecular formula is C18H30O. The second-order valence-electron chi connectivity index (χ2n) is 5.49. The molecule has 0 aromatic heterocycles. The summed E-state index contributed by atoms with van der Waals surface area (Å²) in [5.41, 5.74) is 2.49.